The Balaban J connectivity index is 1.90. The van der Waals surface area contributed by atoms with Gasteiger partial charge in [-0.2, -0.15) is 11.8 Å². The summed E-state index contributed by atoms with van der Waals surface area (Å²) in [5, 5.41) is 9.33. The van der Waals surface area contributed by atoms with Gasteiger partial charge in [-0.05, 0) is 12.1 Å². The van der Waals surface area contributed by atoms with Crippen LogP contribution in [0.4, 0.5) is 0 Å². The Morgan fingerprint density at radius 1 is 1.28 bits per heavy atom. The zero-order valence-corrected chi connectivity index (χ0v) is 14.1. The molecule has 8 nitrogen and oxygen atoms in total. The SMILES string of the molecule is O=C(O)CC1CSCCN1C(=O)Cn1c(=O)[nH]c2ccccc2c1=O. The van der Waals surface area contributed by atoms with Gasteiger partial charge in [0.1, 0.15) is 6.54 Å². The molecule has 1 aliphatic rings. The van der Waals surface area contributed by atoms with Gasteiger partial charge in [0, 0.05) is 18.1 Å². The summed E-state index contributed by atoms with van der Waals surface area (Å²) in [4.78, 5) is 52.3. The number of rotatable bonds is 4. The maximum atomic E-state index is 12.6. The van der Waals surface area contributed by atoms with Crippen molar-refractivity contribution in [2.24, 2.45) is 0 Å². The van der Waals surface area contributed by atoms with Crippen LogP contribution >= 0.6 is 11.8 Å². The number of carboxylic acids is 1. The quantitative estimate of drug-likeness (QED) is 0.797. The van der Waals surface area contributed by atoms with Gasteiger partial charge in [0.25, 0.3) is 5.56 Å². The van der Waals surface area contributed by atoms with Gasteiger partial charge in [0.05, 0.1) is 23.4 Å². The third-order valence-corrected chi connectivity index (χ3v) is 5.23. The van der Waals surface area contributed by atoms with Crippen molar-refractivity contribution in [1.82, 2.24) is 14.5 Å². The summed E-state index contributed by atoms with van der Waals surface area (Å²) in [7, 11) is 0. The molecular weight excluding hydrogens is 346 g/mol. The van der Waals surface area contributed by atoms with Gasteiger partial charge in [-0.25, -0.2) is 4.79 Å². The Hall–Kier alpha value is -2.55. The molecule has 0 saturated carbocycles. The second-order valence-electron chi connectivity index (χ2n) is 5.78. The number of hydrogen-bond donors (Lipinski definition) is 2. The lowest BCUT2D eigenvalue weighted by Crippen LogP contribution is -2.50. The summed E-state index contributed by atoms with van der Waals surface area (Å²) in [6.45, 7) is 0.00146. The number of carbonyl (C=O) groups excluding carboxylic acids is 1. The van der Waals surface area contributed by atoms with Crippen molar-refractivity contribution in [2.45, 2.75) is 19.0 Å². The van der Waals surface area contributed by atoms with E-state index >= 15 is 0 Å². The molecule has 0 bridgehead atoms. The average molecular weight is 363 g/mol. The summed E-state index contributed by atoms with van der Waals surface area (Å²) in [6.07, 6.45) is -0.151. The van der Waals surface area contributed by atoms with E-state index in [1.54, 1.807) is 36.0 Å². The number of benzene rings is 1. The van der Waals surface area contributed by atoms with E-state index in [-0.39, 0.29) is 6.42 Å². The minimum Gasteiger partial charge on any atom is -0.481 e. The van der Waals surface area contributed by atoms with Crippen molar-refractivity contribution in [3.8, 4) is 0 Å². The van der Waals surface area contributed by atoms with Crippen molar-refractivity contribution in [3.63, 3.8) is 0 Å². The molecule has 1 aromatic carbocycles. The Kier molecular flexibility index (Phi) is 4.93. The van der Waals surface area contributed by atoms with Crippen LogP contribution in [0, 0.1) is 0 Å². The number of para-hydroxylation sites is 1. The highest BCUT2D eigenvalue weighted by atomic mass is 32.2. The standard InChI is InChI=1S/C16H17N3O5S/c20-13(18-5-6-25-9-10(18)7-14(21)22)8-19-15(23)11-3-1-2-4-12(11)17-16(19)24/h1-4,10H,5-9H2,(H,17,24)(H,21,22). The van der Waals surface area contributed by atoms with Crippen LogP contribution < -0.4 is 11.2 Å². The van der Waals surface area contributed by atoms with Gasteiger partial charge in [0.2, 0.25) is 5.91 Å². The van der Waals surface area contributed by atoms with E-state index < -0.39 is 35.7 Å². The van der Waals surface area contributed by atoms with Crippen LogP contribution in [0.3, 0.4) is 0 Å². The maximum Gasteiger partial charge on any atom is 0.329 e. The van der Waals surface area contributed by atoms with Crippen molar-refractivity contribution in [2.75, 3.05) is 18.1 Å². The number of nitrogens with zero attached hydrogens (tertiary/aromatic N) is 2. The smallest absolute Gasteiger partial charge is 0.329 e. The van der Waals surface area contributed by atoms with Crippen LogP contribution in [0.15, 0.2) is 33.9 Å². The Morgan fingerprint density at radius 3 is 2.80 bits per heavy atom. The first-order valence-electron chi connectivity index (χ1n) is 7.78. The Morgan fingerprint density at radius 2 is 2.04 bits per heavy atom. The molecule has 1 amide bonds. The van der Waals surface area contributed by atoms with Crippen LogP contribution in [0.2, 0.25) is 0 Å². The molecule has 9 heteroatoms. The Bertz CT molecular complexity index is 935. The van der Waals surface area contributed by atoms with E-state index in [1.807, 2.05) is 0 Å². The number of H-pyrrole nitrogens is 1. The molecule has 1 aliphatic heterocycles. The van der Waals surface area contributed by atoms with E-state index in [0.29, 0.717) is 29.0 Å². The van der Waals surface area contributed by atoms with Gasteiger partial charge in [-0.3, -0.25) is 19.0 Å². The summed E-state index contributed by atoms with van der Waals surface area (Å²) in [5.74, 6) is -0.174. The molecule has 0 radical (unpaired) electrons. The number of aliphatic carboxylic acids is 1. The van der Waals surface area contributed by atoms with Crippen LogP contribution in [-0.2, 0) is 16.1 Å². The zero-order chi connectivity index (χ0) is 18.0. The lowest BCUT2D eigenvalue weighted by molar-refractivity contribution is -0.140. The second-order valence-corrected chi connectivity index (χ2v) is 6.93. The second kappa shape index (κ2) is 7.14. The lowest BCUT2D eigenvalue weighted by Gasteiger charge is -2.34. The Labute approximate surface area is 146 Å². The fraction of sp³-hybridized carbons (Fsp3) is 0.375. The summed E-state index contributed by atoms with van der Waals surface area (Å²) >= 11 is 1.59. The third kappa shape index (κ3) is 3.60. The van der Waals surface area contributed by atoms with E-state index in [2.05, 4.69) is 4.98 Å². The van der Waals surface area contributed by atoms with Crippen molar-refractivity contribution in [3.05, 3.63) is 45.1 Å². The van der Waals surface area contributed by atoms with E-state index in [4.69, 9.17) is 5.11 Å². The molecule has 0 aliphatic carbocycles. The highest BCUT2D eigenvalue weighted by Gasteiger charge is 2.29. The third-order valence-electron chi connectivity index (χ3n) is 4.14. The number of thioether (sulfide) groups is 1. The molecule has 1 aromatic heterocycles. The lowest BCUT2D eigenvalue weighted by atomic mass is 10.2. The number of fused-ring (bicyclic) bond motifs is 1. The van der Waals surface area contributed by atoms with Gasteiger partial charge >= 0.3 is 11.7 Å². The monoisotopic (exact) mass is 363 g/mol. The number of hydrogen-bond acceptors (Lipinski definition) is 5. The molecule has 1 saturated heterocycles. The van der Waals surface area contributed by atoms with Crippen molar-refractivity contribution >= 4 is 34.5 Å². The fourth-order valence-electron chi connectivity index (χ4n) is 2.92. The average Bonchev–Trinajstić information content (AvgIpc) is 2.58. The summed E-state index contributed by atoms with van der Waals surface area (Å²) in [5.41, 5.74) is -0.772. The van der Waals surface area contributed by atoms with E-state index in [0.717, 1.165) is 4.57 Å². The molecule has 1 unspecified atom stereocenters. The number of carbonyl (C=O) groups is 2. The van der Waals surface area contributed by atoms with Gasteiger partial charge < -0.3 is 15.0 Å². The zero-order valence-electron chi connectivity index (χ0n) is 13.3. The van der Waals surface area contributed by atoms with Crippen molar-refractivity contribution in [1.29, 1.82) is 0 Å². The number of aromatic amines is 1. The van der Waals surface area contributed by atoms with Crippen molar-refractivity contribution < 1.29 is 14.7 Å². The maximum absolute atomic E-state index is 12.6. The number of amides is 1. The molecule has 2 N–H and O–H groups in total. The minimum absolute atomic E-state index is 0.151. The highest BCUT2D eigenvalue weighted by Crippen LogP contribution is 2.19. The first kappa shape index (κ1) is 17.3. The normalized spacial score (nSPS) is 17.6. The molecule has 3 rings (SSSR count). The largest absolute Gasteiger partial charge is 0.481 e. The number of aromatic nitrogens is 2. The summed E-state index contributed by atoms with van der Waals surface area (Å²) < 4.78 is 0.865. The van der Waals surface area contributed by atoms with Crippen LogP contribution in [0.1, 0.15) is 6.42 Å². The molecular formula is C16H17N3O5S. The number of carboxylic acid groups (broad SMARTS) is 1. The molecule has 25 heavy (non-hydrogen) atoms. The van der Waals surface area contributed by atoms with Crippen LogP contribution in [-0.4, -0.2) is 55.5 Å². The molecule has 132 valence electrons. The first-order chi connectivity index (χ1) is 12.0. The predicted molar refractivity (Wildman–Crippen MR) is 93.9 cm³/mol. The van der Waals surface area contributed by atoms with E-state index in [1.165, 1.54) is 4.90 Å². The fourth-order valence-corrected chi connectivity index (χ4v) is 3.98. The predicted octanol–water partition coefficient (Wildman–Crippen LogP) is 0.109. The first-order valence-corrected chi connectivity index (χ1v) is 8.93. The summed E-state index contributed by atoms with van der Waals surface area (Å²) in [6, 6.07) is 6.15. The van der Waals surface area contributed by atoms with E-state index in [9.17, 15) is 19.2 Å². The molecule has 1 fully saturated rings. The topological polar surface area (TPSA) is 112 Å². The minimum atomic E-state index is -0.981. The van der Waals surface area contributed by atoms with Gasteiger partial charge in [-0.15, -0.1) is 0 Å². The molecule has 1 atom stereocenters. The van der Waals surface area contributed by atoms with Gasteiger partial charge in [0.15, 0.2) is 0 Å². The molecule has 0 spiro atoms. The molecule has 2 aromatic rings. The highest BCUT2D eigenvalue weighted by molar-refractivity contribution is 7.99. The van der Waals surface area contributed by atoms with Crippen LogP contribution in [0.25, 0.3) is 10.9 Å². The number of nitrogens with one attached hydrogen (secondary N) is 1. The van der Waals surface area contributed by atoms with Crippen LogP contribution in [0.5, 0.6) is 0 Å². The van der Waals surface area contributed by atoms with Gasteiger partial charge in [-0.1, -0.05) is 12.1 Å². The molecule has 2 heterocycles.